The molecule has 1 heterocycles. The van der Waals surface area contributed by atoms with Gasteiger partial charge in [-0.15, -0.1) is 0 Å². The zero-order valence-corrected chi connectivity index (χ0v) is 12.1. The first kappa shape index (κ1) is 14.0. The van der Waals surface area contributed by atoms with Crippen LogP contribution in [0.4, 0.5) is 5.95 Å². The number of aryl methyl sites for hydroxylation is 2. The van der Waals surface area contributed by atoms with Crippen molar-refractivity contribution in [2.24, 2.45) is 0 Å². The van der Waals surface area contributed by atoms with Crippen LogP contribution in [0.5, 0.6) is 0 Å². The van der Waals surface area contributed by atoms with Crippen molar-refractivity contribution in [1.82, 2.24) is 9.97 Å². The van der Waals surface area contributed by atoms with Gasteiger partial charge in [0.15, 0.2) is 0 Å². The highest BCUT2D eigenvalue weighted by atomic mass is 15.2. The molecule has 0 bridgehead atoms. The molecule has 0 N–H and O–H groups in total. The molecule has 0 atom stereocenters. The van der Waals surface area contributed by atoms with Gasteiger partial charge < -0.3 is 4.90 Å². The quantitative estimate of drug-likeness (QED) is 0.853. The van der Waals surface area contributed by atoms with Crippen molar-refractivity contribution in [2.45, 2.75) is 20.3 Å². The van der Waals surface area contributed by atoms with E-state index in [1.807, 2.05) is 24.3 Å². The summed E-state index contributed by atoms with van der Waals surface area (Å²) in [6.07, 6.45) is 4.13. The fourth-order valence-corrected chi connectivity index (χ4v) is 1.91. The molecule has 4 nitrogen and oxygen atoms in total. The Morgan fingerprint density at radius 2 is 1.80 bits per heavy atom. The fraction of sp³-hybridized carbons (Fsp3) is 0.312. The summed E-state index contributed by atoms with van der Waals surface area (Å²) in [6, 6.07) is 8.46. The van der Waals surface area contributed by atoms with Crippen LogP contribution >= 0.6 is 0 Å². The minimum atomic E-state index is 0.471. The minimum Gasteiger partial charge on any atom is -0.343 e. The number of hydrogen-bond donors (Lipinski definition) is 0. The second kappa shape index (κ2) is 6.16. The maximum atomic E-state index is 8.59. The van der Waals surface area contributed by atoms with E-state index in [4.69, 9.17) is 5.26 Å². The summed E-state index contributed by atoms with van der Waals surface area (Å²) in [5.74, 6) is 0.646. The molecule has 0 aliphatic carbocycles. The largest absolute Gasteiger partial charge is 0.343 e. The summed E-state index contributed by atoms with van der Waals surface area (Å²) in [5, 5.41) is 8.59. The van der Waals surface area contributed by atoms with Crippen molar-refractivity contribution in [3.05, 3.63) is 41.7 Å². The predicted octanol–water partition coefficient (Wildman–Crippen LogP) is 3.11. The number of nitriles is 1. The topological polar surface area (TPSA) is 52.8 Å². The normalized spacial score (nSPS) is 10.1. The van der Waals surface area contributed by atoms with Crippen molar-refractivity contribution in [3.63, 3.8) is 0 Å². The van der Waals surface area contributed by atoms with Crippen molar-refractivity contribution in [2.75, 3.05) is 18.5 Å². The summed E-state index contributed by atoms with van der Waals surface area (Å²) < 4.78 is 0. The Labute approximate surface area is 119 Å². The molecule has 0 aliphatic heterocycles. The Hall–Kier alpha value is -2.41. The lowest BCUT2D eigenvalue weighted by molar-refractivity contribution is 0.859. The van der Waals surface area contributed by atoms with E-state index >= 15 is 0 Å². The zero-order chi connectivity index (χ0) is 14.5. The molecule has 0 saturated carbocycles. The second-order valence-corrected chi connectivity index (χ2v) is 4.90. The maximum Gasteiger partial charge on any atom is 0.225 e. The van der Waals surface area contributed by atoms with E-state index in [0.717, 1.165) is 11.1 Å². The highest BCUT2D eigenvalue weighted by Crippen LogP contribution is 2.21. The van der Waals surface area contributed by atoms with E-state index in [0.29, 0.717) is 18.9 Å². The average Bonchev–Trinajstić information content (AvgIpc) is 2.48. The summed E-state index contributed by atoms with van der Waals surface area (Å²) in [7, 11) is 1.89. The van der Waals surface area contributed by atoms with Gasteiger partial charge in [0.05, 0.1) is 12.5 Å². The number of aromatic nitrogens is 2. The lowest BCUT2D eigenvalue weighted by Gasteiger charge is -2.15. The lowest BCUT2D eigenvalue weighted by atomic mass is 10.0. The molecule has 2 rings (SSSR count). The molecular weight excluding hydrogens is 248 g/mol. The van der Waals surface area contributed by atoms with E-state index < -0.39 is 0 Å². The molecule has 1 aromatic heterocycles. The molecule has 0 saturated heterocycles. The molecule has 0 unspecified atom stereocenters. The molecule has 4 heteroatoms. The first-order valence-corrected chi connectivity index (χ1v) is 6.59. The van der Waals surface area contributed by atoms with Crippen LogP contribution in [0.2, 0.25) is 0 Å². The molecule has 0 amide bonds. The third-order valence-electron chi connectivity index (χ3n) is 3.38. The Bertz CT molecular complexity index is 626. The summed E-state index contributed by atoms with van der Waals surface area (Å²) in [6.45, 7) is 4.84. The second-order valence-electron chi connectivity index (χ2n) is 4.90. The van der Waals surface area contributed by atoms with E-state index in [2.05, 4.69) is 48.1 Å². The van der Waals surface area contributed by atoms with Gasteiger partial charge in [-0.25, -0.2) is 9.97 Å². The number of benzene rings is 1. The van der Waals surface area contributed by atoms with Crippen LogP contribution in [0.1, 0.15) is 17.5 Å². The first-order chi connectivity index (χ1) is 9.61. The van der Waals surface area contributed by atoms with Gasteiger partial charge in [-0.1, -0.05) is 18.2 Å². The van der Waals surface area contributed by atoms with Crippen molar-refractivity contribution >= 4 is 5.95 Å². The lowest BCUT2D eigenvalue weighted by Crippen LogP contribution is -2.20. The molecule has 102 valence electrons. The average molecular weight is 266 g/mol. The summed E-state index contributed by atoms with van der Waals surface area (Å²) in [5.41, 5.74) is 4.67. The Kier molecular flexibility index (Phi) is 4.31. The Morgan fingerprint density at radius 3 is 2.40 bits per heavy atom. The third-order valence-corrected chi connectivity index (χ3v) is 3.38. The molecule has 20 heavy (non-hydrogen) atoms. The van der Waals surface area contributed by atoms with Gasteiger partial charge in [-0.05, 0) is 30.5 Å². The van der Waals surface area contributed by atoms with Crippen LogP contribution in [0.15, 0.2) is 30.6 Å². The van der Waals surface area contributed by atoms with Crippen LogP contribution in [0.3, 0.4) is 0 Å². The van der Waals surface area contributed by atoms with Crippen LogP contribution in [0, 0.1) is 25.2 Å². The highest BCUT2D eigenvalue weighted by Gasteiger charge is 2.05. The third kappa shape index (κ3) is 3.12. The number of hydrogen-bond acceptors (Lipinski definition) is 4. The SMILES string of the molecule is Cc1ccc(-c2cnc(N(C)CCC#N)nc2)cc1C. The number of anilines is 1. The molecular formula is C16H18N4. The van der Waals surface area contributed by atoms with E-state index in [9.17, 15) is 0 Å². The van der Waals surface area contributed by atoms with Gasteiger partial charge in [0, 0.05) is 31.5 Å². The van der Waals surface area contributed by atoms with Crippen LogP contribution in [-0.2, 0) is 0 Å². The predicted molar refractivity (Wildman–Crippen MR) is 80.4 cm³/mol. The first-order valence-electron chi connectivity index (χ1n) is 6.59. The summed E-state index contributed by atoms with van der Waals surface area (Å²) in [4.78, 5) is 10.6. The van der Waals surface area contributed by atoms with Crippen molar-refractivity contribution in [3.8, 4) is 17.2 Å². The van der Waals surface area contributed by atoms with E-state index in [1.165, 1.54) is 11.1 Å². The molecule has 1 aromatic carbocycles. The van der Waals surface area contributed by atoms with Crippen LogP contribution in [-0.4, -0.2) is 23.6 Å². The van der Waals surface area contributed by atoms with Gasteiger partial charge in [0.2, 0.25) is 5.95 Å². The fourth-order valence-electron chi connectivity index (χ4n) is 1.91. The van der Waals surface area contributed by atoms with Gasteiger partial charge in [-0.2, -0.15) is 5.26 Å². The van der Waals surface area contributed by atoms with Crippen molar-refractivity contribution in [1.29, 1.82) is 5.26 Å². The van der Waals surface area contributed by atoms with Gasteiger partial charge in [0.25, 0.3) is 0 Å². The molecule has 0 fully saturated rings. The smallest absolute Gasteiger partial charge is 0.225 e. The monoisotopic (exact) mass is 266 g/mol. The minimum absolute atomic E-state index is 0.471. The Morgan fingerprint density at radius 1 is 1.10 bits per heavy atom. The van der Waals surface area contributed by atoms with Crippen LogP contribution in [0.25, 0.3) is 11.1 Å². The molecule has 0 radical (unpaired) electrons. The van der Waals surface area contributed by atoms with Crippen molar-refractivity contribution < 1.29 is 0 Å². The standard InChI is InChI=1S/C16H18N4/c1-12-5-6-14(9-13(12)2)15-10-18-16(19-11-15)20(3)8-4-7-17/h5-6,9-11H,4,8H2,1-3H3. The number of rotatable bonds is 4. The van der Waals surface area contributed by atoms with E-state index in [1.54, 1.807) is 0 Å². The summed E-state index contributed by atoms with van der Waals surface area (Å²) >= 11 is 0. The van der Waals surface area contributed by atoms with Crippen LogP contribution < -0.4 is 4.90 Å². The molecule has 0 aliphatic rings. The molecule has 2 aromatic rings. The molecule has 0 spiro atoms. The van der Waals surface area contributed by atoms with Gasteiger partial charge in [0.1, 0.15) is 0 Å². The maximum absolute atomic E-state index is 8.59. The highest BCUT2D eigenvalue weighted by molar-refractivity contribution is 5.63. The van der Waals surface area contributed by atoms with Gasteiger partial charge >= 0.3 is 0 Å². The van der Waals surface area contributed by atoms with Gasteiger partial charge in [-0.3, -0.25) is 0 Å². The van der Waals surface area contributed by atoms with E-state index in [-0.39, 0.29) is 0 Å². The zero-order valence-electron chi connectivity index (χ0n) is 12.1. The number of nitrogens with zero attached hydrogens (tertiary/aromatic N) is 4. The Balaban J connectivity index is 2.19.